The lowest BCUT2D eigenvalue weighted by Crippen LogP contribution is -2.31. The second kappa shape index (κ2) is 4.63. The first-order chi connectivity index (χ1) is 8.66. The molecule has 18 heavy (non-hydrogen) atoms. The van der Waals surface area contributed by atoms with Gasteiger partial charge in [0.25, 0.3) is 0 Å². The Labute approximate surface area is 107 Å². The lowest BCUT2D eigenvalue weighted by molar-refractivity contribution is 0.0500. The van der Waals surface area contributed by atoms with Gasteiger partial charge in [0.2, 0.25) is 0 Å². The average Bonchev–Trinajstić information content (AvgIpc) is 2.69. The molecule has 3 rings (SSSR count). The van der Waals surface area contributed by atoms with E-state index in [2.05, 4.69) is 11.9 Å². The molecule has 3 heteroatoms. The highest BCUT2D eigenvalue weighted by atomic mass is 19.1. The minimum Gasteiger partial charge on any atom is -0.393 e. The van der Waals surface area contributed by atoms with E-state index in [1.54, 1.807) is 0 Å². The molecule has 2 aliphatic rings. The predicted molar refractivity (Wildman–Crippen MR) is 68.6 cm³/mol. The number of fused-ring (bicyclic) bond motifs is 1. The molecular formula is C15H20FNO. The maximum Gasteiger partial charge on any atom is 0.123 e. The number of hydrogen-bond acceptors (Lipinski definition) is 2. The molecular weight excluding hydrogens is 229 g/mol. The molecule has 1 aliphatic carbocycles. The van der Waals surface area contributed by atoms with Crippen LogP contribution in [0.1, 0.15) is 30.9 Å². The van der Waals surface area contributed by atoms with Crippen molar-refractivity contribution >= 4 is 0 Å². The summed E-state index contributed by atoms with van der Waals surface area (Å²) < 4.78 is 13.0. The molecule has 0 bridgehead atoms. The Morgan fingerprint density at radius 3 is 2.61 bits per heavy atom. The zero-order valence-corrected chi connectivity index (χ0v) is 10.7. The lowest BCUT2D eigenvalue weighted by atomic mass is 9.75. The average molecular weight is 249 g/mol. The van der Waals surface area contributed by atoms with E-state index in [-0.39, 0.29) is 11.9 Å². The highest BCUT2D eigenvalue weighted by Crippen LogP contribution is 2.47. The number of rotatable bonds is 1. The molecule has 2 fully saturated rings. The van der Waals surface area contributed by atoms with Crippen molar-refractivity contribution in [3.05, 3.63) is 35.6 Å². The van der Waals surface area contributed by atoms with Crippen LogP contribution in [0.2, 0.25) is 0 Å². The molecule has 2 nitrogen and oxygen atoms in total. The third-order valence-corrected chi connectivity index (χ3v) is 4.67. The van der Waals surface area contributed by atoms with Crippen molar-refractivity contribution in [3.8, 4) is 0 Å². The van der Waals surface area contributed by atoms with Gasteiger partial charge in [-0.1, -0.05) is 18.6 Å². The minimum absolute atomic E-state index is 0.156. The second-order valence-corrected chi connectivity index (χ2v) is 5.76. The van der Waals surface area contributed by atoms with Gasteiger partial charge in [0.05, 0.1) is 6.10 Å². The van der Waals surface area contributed by atoms with E-state index in [0.717, 1.165) is 19.4 Å². The van der Waals surface area contributed by atoms with Crippen molar-refractivity contribution in [1.82, 2.24) is 4.90 Å². The Bertz CT molecular complexity index is 419. The van der Waals surface area contributed by atoms with Gasteiger partial charge in [-0.3, -0.25) is 4.90 Å². The summed E-state index contributed by atoms with van der Waals surface area (Å²) in [7, 11) is 2.11. The van der Waals surface area contributed by atoms with Crippen LogP contribution in [-0.4, -0.2) is 29.7 Å². The smallest absolute Gasteiger partial charge is 0.123 e. The second-order valence-electron chi connectivity index (χ2n) is 5.76. The first kappa shape index (κ1) is 12.1. The molecule has 4 atom stereocenters. The van der Waals surface area contributed by atoms with E-state index in [9.17, 15) is 9.50 Å². The number of nitrogens with zero attached hydrogens (tertiary/aromatic N) is 1. The van der Waals surface area contributed by atoms with Crippen LogP contribution >= 0.6 is 0 Å². The highest BCUT2D eigenvalue weighted by molar-refractivity contribution is 5.23. The molecule has 0 spiro atoms. The van der Waals surface area contributed by atoms with Crippen LogP contribution in [0.3, 0.4) is 0 Å². The van der Waals surface area contributed by atoms with Crippen molar-refractivity contribution in [2.75, 3.05) is 13.6 Å². The van der Waals surface area contributed by atoms with Crippen molar-refractivity contribution in [2.45, 2.75) is 31.4 Å². The van der Waals surface area contributed by atoms with E-state index in [0.29, 0.717) is 17.9 Å². The molecule has 0 aromatic heterocycles. The zero-order chi connectivity index (χ0) is 12.7. The van der Waals surface area contributed by atoms with Crippen molar-refractivity contribution in [3.63, 3.8) is 0 Å². The van der Waals surface area contributed by atoms with Gasteiger partial charge in [0, 0.05) is 18.5 Å². The van der Waals surface area contributed by atoms with Crippen LogP contribution < -0.4 is 0 Å². The number of benzene rings is 1. The van der Waals surface area contributed by atoms with Gasteiger partial charge in [-0.2, -0.15) is 0 Å². The highest BCUT2D eigenvalue weighted by Gasteiger charge is 2.45. The van der Waals surface area contributed by atoms with Gasteiger partial charge in [-0.25, -0.2) is 4.39 Å². The Kier molecular flexibility index (Phi) is 3.12. The molecule has 98 valence electrons. The number of halogens is 1. The summed E-state index contributed by atoms with van der Waals surface area (Å²) in [5.74, 6) is 0.725. The van der Waals surface area contributed by atoms with E-state index in [1.807, 2.05) is 12.1 Å². The summed E-state index contributed by atoms with van der Waals surface area (Å²) >= 11 is 0. The third-order valence-electron chi connectivity index (χ3n) is 4.67. The normalized spacial score (nSPS) is 36.6. The van der Waals surface area contributed by atoms with E-state index >= 15 is 0 Å². The van der Waals surface area contributed by atoms with Gasteiger partial charge in [0.15, 0.2) is 0 Å². The minimum atomic E-state index is -0.181. The monoisotopic (exact) mass is 249 g/mol. The fraction of sp³-hybridized carbons (Fsp3) is 0.600. The third kappa shape index (κ3) is 1.95. The first-order valence-corrected chi connectivity index (χ1v) is 6.80. The van der Waals surface area contributed by atoms with Gasteiger partial charge in [0.1, 0.15) is 5.82 Å². The van der Waals surface area contributed by atoms with Crippen LogP contribution in [0.25, 0.3) is 0 Å². The van der Waals surface area contributed by atoms with Gasteiger partial charge < -0.3 is 5.11 Å². The maximum atomic E-state index is 13.0. The standard InChI is InChI=1S/C15H20FNO/c1-17-9-13-12(3-2-4-14(13)18)15(17)10-5-7-11(16)8-6-10/h5-8,12-15,18H,2-4,9H2,1H3/t12-,13-,14-,15?/m1/s1. The lowest BCUT2D eigenvalue weighted by Gasteiger charge is -2.32. The summed E-state index contributed by atoms with van der Waals surface area (Å²) in [4.78, 5) is 2.32. The summed E-state index contributed by atoms with van der Waals surface area (Å²) in [6.45, 7) is 0.952. The Morgan fingerprint density at radius 2 is 1.89 bits per heavy atom. The van der Waals surface area contributed by atoms with Crippen LogP contribution in [-0.2, 0) is 0 Å². The van der Waals surface area contributed by atoms with E-state index in [4.69, 9.17) is 0 Å². The van der Waals surface area contributed by atoms with Crippen LogP contribution in [0.15, 0.2) is 24.3 Å². The fourth-order valence-corrected chi connectivity index (χ4v) is 3.86. The number of aliphatic hydroxyl groups is 1. The molecule has 1 aromatic rings. The molecule has 1 saturated carbocycles. The molecule has 1 heterocycles. The van der Waals surface area contributed by atoms with Gasteiger partial charge in [-0.15, -0.1) is 0 Å². The molecule has 0 radical (unpaired) electrons. The topological polar surface area (TPSA) is 23.5 Å². The number of hydrogen-bond donors (Lipinski definition) is 1. The number of likely N-dealkylation sites (tertiary alicyclic amines) is 1. The van der Waals surface area contributed by atoms with Crippen LogP contribution in [0.4, 0.5) is 4.39 Å². The molecule has 0 amide bonds. The molecule has 1 saturated heterocycles. The molecule has 1 N–H and O–H groups in total. The van der Waals surface area contributed by atoms with Crippen molar-refractivity contribution in [2.24, 2.45) is 11.8 Å². The molecule has 1 unspecified atom stereocenters. The zero-order valence-electron chi connectivity index (χ0n) is 10.7. The summed E-state index contributed by atoms with van der Waals surface area (Å²) in [5, 5.41) is 10.1. The Morgan fingerprint density at radius 1 is 1.17 bits per heavy atom. The first-order valence-electron chi connectivity index (χ1n) is 6.80. The predicted octanol–water partition coefficient (Wildman–Crippen LogP) is 2.59. The van der Waals surface area contributed by atoms with E-state index < -0.39 is 0 Å². The Balaban J connectivity index is 1.89. The van der Waals surface area contributed by atoms with E-state index in [1.165, 1.54) is 24.1 Å². The molecule has 1 aromatic carbocycles. The molecule has 1 aliphatic heterocycles. The van der Waals surface area contributed by atoms with Crippen LogP contribution in [0.5, 0.6) is 0 Å². The summed E-state index contributed by atoms with van der Waals surface area (Å²) in [5.41, 5.74) is 1.18. The van der Waals surface area contributed by atoms with Crippen molar-refractivity contribution in [1.29, 1.82) is 0 Å². The largest absolute Gasteiger partial charge is 0.393 e. The quantitative estimate of drug-likeness (QED) is 0.827. The maximum absolute atomic E-state index is 13.0. The van der Waals surface area contributed by atoms with Gasteiger partial charge in [-0.05, 0) is 43.5 Å². The van der Waals surface area contributed by atoms with Gasteiger partial charge >= 0.3 is 0 Å². The van der Waals surface area contributed by atoms with Crippen LogP contribution in [0, 0.1) is 17.7 Å². The Hall–Kier alpha value is -0.930. The fourth-order valence-electron chi connectivity index (χ4n) is 3.86. The van der Waals surface area contributed by atoms with Crippen molar-refractivity contribution < 1.29 is 9.50 Å². The summed E-state index contributed by atoms with van der Waals surface area (Å²) in [6, 6.07) is 7.19. The SMILES string of the molecule is CN1C[C@H]2[C@H](O)CCC[C@H]2C1c1ccc(F)cc1. The summed E-state index contributed by atoms with van der Waals surface area (Å²) in [6.07, 6.45) is 3.06. The number of aliphatic hydroxyl groups excluding tert-OH is 1.